The van der Waals surface area contributed by atoms with E-state index in [0.717, 1.165) is 6.42 Å². The molecule has 0 nitrogen and oxygen atoms in total. The third kappa shape index (κ3) is 2.16. The van der Waals surface area contributed by atoms with Gasteiger partial charge in [0, 0.05) is 9.89 Å². The second kappa shape index (κ2) is 4.84. The summed E-state index contributed by atoms with van der Waals surface area (Å²) in [4.78, 5) is 0. The summed E-state index contributed by atoms with van der Waals surface area (Å²) in [6, 6.07) is 6.60. The zero-order chi connectivity index (χ0) is 16.3. The van der Waals surface area contributed by atoms with Gasteiger partial charge < -0.3 is 0 Å². The molecule has 0 spiro atoms. The van der Waals surface area contributed by atoms with Crippen molar-refractivity contribution in [2.45, 2.75) is 54.4 Å². The Balaban J connectivity index is 2.10. The van der Waals surface area contributed by atoms with E-state index >= 15 is 0 Å². The summed E-state index contributed by atoms with van der Waals surface area (Å²) in [5, 5.41) is 0. The van der Waals surface area contributed by atoms with Gasteiger partial charge in [0.05, 0.1) is 0 Å². The van der Waals surface area contributed by atoms with Crippen molar-refractivity contribution in [3.8, 4) is 0 Å². The van der Waals surface area contributed by atoms with Crippen LogP contribution in [0.4, 0.5) is 0 Å². The molecule has 1 aromatic rings. The number of halogens is 1. The lowest BCUT2D eigenvalue weighted by Crippen LogP contribution is -2.46. The molecule has 1 heteroatoms. The van der Waals surface area contributed by atoms with E-state index in [1.165, 1.54) is 27.6 Å². The fourth-order valence-electron chi connectivity index (χ4n) is 4.65. The summed E-state index contributed by atoms with van der Waals surface area (Å²) < 4.78 is 1.23. The molecule has 0 N–H and O–H groups in total. The predicted molar refractivity (Wildman–Crippen MR) is 99.9 cm³/mol. The summed E-state index contributed by atoms with van der Waals surface area (Å²) in [5.41, 5.74) is 6.67. The van der Waals surface area contributed by atoms with Crippen molar-refractivity contribution in [2.75, 3.05) is 0 Å². The van der Waals surface area contributed by atoms with Crippen LogP contribution >= 0.6 is 15.9 Å². The molecule has 0 saturated carbocycles. The number of benzene rings is 1. The fraction of sp³-hybridized carbons (Fsp3) is 0.524. The lowest BCUT2D eigenvalue weighted by atomic mass is 9.50. The first-order valence-electron chi connectivity index (χ1n) is 8.26. The van der Waals surface area contributed by atoms with Crippen LogP contribution < -0.4 is 0 Å². The maximum absolute atomic E-state index is 3.75. The van der Waals surface area contributed by atoms with Gasteiger partial charge in [0.2, 0.25) is 0 Å². The molecule has 22 heavy (non-hydrogen) atoms. The highest BCUT2D eigenvalue weighted by Crippen LogP contribution is 2.60. The van der Waals surface area contributed by atoms with Gasteiger partial charge in [-0.05, 0) is 46.4 Å². The molecule has 0 amide bonds. The van der Waals surface area contributed by atoms with Gasteiger partial charge in [0.15, 0.2) is 0 Å². The minimum atomic E-state index is 0.202. The molecule has 0 radical (unpaired) electrons. The summed E-state index contributed by atoms with van der Waals surface area (Å²) in [6.07, 6.45) is 7.21. The first-order valence-corrected chi connectivity index (χ1v) is 9.05. The van der Waals surface area contributed by atoms with Crippen LogP contribution in [-0.2, 0) is 6.42 Å². The van der Waals surface area contributed by atoms with Crippen molar-refractivity contribution in [3.63, 3.8) is 0 Å². The normalized spacial score (nSPS) is 20.1. The van der Waals surface area contributed by atoms with E-state index < -0.39 is 0 Å². The standard InChI is InChI=1S/C21H27Br/c1-19(2,3)21(20(4,5)6)11-10-16-15(13-21)12-14-8-7-9-17(22)18(14)16/h7-11H,12-13H2,1-6H3. The van der Waals surface area contributed by atoms with E-state index in [1.54, 1.807) is 5.57 Å². The zero-order valence-electron chi connectivity index (χ0n) is 14.7. The zero-order valence-corrected chi connectivity index (χ0v) is 16.3. The van der Waals surface area contributed by atoms with Gasteiger partial charge in [-0.3, -0.25) is 0 Å². The SMILES string of the molecule is CC(C)(C)C1(C(C)(C)C)C=CC2=C(Cc3cccc(Br)c32)C1. The van der Waals surface area contributed by atoms with Crippen molar-refractivity contribution in [1.29, 1.82) is 0 Å². The minimum Gasteiger partial charge on any atom is -0.0763 e. The Morgan fingerprint density at radius 1 is 1.00 bits per heavy atom. The van der Waals surface area contributed by atoms with Crippen LogP contribution in [0.3, 0.4) is 0 Å². The highest BCUT2D eigenvalue weighted by atomic mass is 79.9. The van der Waals surface area contributed by atoms with E-state index in [1.807, 2.05) is 0 Å². The summed E-state index contributed by atoms with van der Waals surface area (Å²) in [5.74, 6) is 0. The second-order valence-electron chi connectivity index (χ2n) is 8.95. The maximum atomic E-state index is 3.75. The lowest BCUT2D eigenvalue weighted by Gasteiger charge is -2.54. The third-order valence-corrected chi connectivity index (χ3v) is 6.52. The topological polar surface area (TPSA) is 0 Å². The molecule has 2 aliphatic rings. The van der Waals surface area contributed by atoms with E-state index in [2.05, 4.69) is 87.8 Å². The molecule has 0 aromatic heterocycles. The lowest BCUT2D eigenvalue weighted by molar-refractivity contribution is 0.0164. The minimum absolute atomic E-state index is 0.202. The smallest absolute Gasteiger partial charge is 0.0256 e. The van der Waals surface area contributed by atoms with Crippen LogP contribution in [0.1, 0.15) is 59.1 Å². The van der Waals surface area contributed by atoms with Crippen molar-refractivity contribution in [1.82, 2.24) is 0 Å². The van der Waals surface area contributed by atoms with Crippen LogP contribution in [0.2, 0.25) is 0 Å². The molecule has 0 fully saturated rings. The molecule has 0 bridgehead atoms. The highest BCUT2D eigenvalue weighted by Gasteiger charge is 2.50. The number of rotatable bonds is 0. The Bertz CT molecular complexity index is 661. The molecule has 118 valence electrons. The maximum Gasteiger partial charge on any atom is 0.0256 e. The average Bonchev–Trinajstić information content (AvgIpc) is 2.74. The largest absolute Gasteiger partial charge is 0.0763 e. The Hall–Kier alpha value is -0.820. The van der Waals surface area contributed by atoms with Gasteiger partial charge in [0.25, 0.3) is 0 Å². The van der Waals surface area contributed by atoms with Gasteiger partial charge in [-0.25, -0.2) is 0 Å². The number of hydrogen-bond donors (Lipinski definition) is 0. The average molecular weight is 359 g/mol. The van der Waals surface area contributed by atoms with Crippen molar-refractivity contribution < 1.29 is 0 Å². The van der Waals surface area contributed by atoms with Gasteiger partial charge >= 0.3 is 0 Å². The molecule has 0 aliphatic heterocycles. The van der Waals surface area contributed by atoms with Gasteiger partial charge in [0.1, 0.15) is 0 Å². The van der Waals surface area contributed by atoms with E-state index in [0.29, 0.717) is 0 Å². The second-order valence-corrected chi connectivity index (χ2v) is 9.80. The van der Waals surface area contributed by atoms with E-state index in [-0.39, 0.29) is 16.2 Å². The number of allylic oxidation sites excluding steroid dienone is 4. The fourth-order valence-corrected chi connectivity index (χ4v) is 5.28. The van der Waals surface area contributed by atoms with Gasteiger partial charge in [-0.1, -0.05) is 87.3 Å². The number of fused-ring (bicyclic) bond motifs is 2. The molecule has 0 saturated heterocycles. The molecule has 2 aliphatic carbocycles. The molecule has 3 rings (SSSR count). The van der Waals surface area contributed by atoms with E-state index in [9.17, 15) is 0 Å². The summed E-state index contributed by atoms with van der Waals surface area (Å²) in [6.45, 7) is 14.4. The predicted octanol–water partition coefficient (Wildman–Crippen LogP) is 6.80. The first kappa shape index (κ1) is 16.1. The molecular weight excluding hydrogens is 332 g/mol. The van der Waals surface area contributed by atoms with Crippen LogP contribution in [0.25, 0.3) is 5.57 Å². The Labute approximate surface area is 143 Å². The molecule has 0 atom stereocenters. The van der Waals surface area contributed by atoms with Crippen LogP contribution in [-0.4, -0.2) is 0 Å². The van der Waals surface area contributed by atoms with Crippen molar-refractivity contribution in [2.24, 2.45) is 16.2 Å². The molecular formula is C21H27Br. The summed E-state index contributed by atoms with van der Waals surface area (Å²) >= 11 is 3.75. The van der Waals surface area contributed by atoms with Gasteiger partial charge in [-0.15, -0.1) is 0 Å². The van der Waals surface area contributed by atoms with Crippen LogP contribution in [0.15, 0.2) is 40.4 Å². The molecule has 0 unspecified atom stereocenters. The van der Waals surface area contributed by atoms with Crippen molar-refractivity contribution in [3.05, 3.63) is 51.5 Å². The Morgan fingerprint density at radius 3 is 2.23 bits per heavy atom. The van der Waals surface area contributed by atoms with Crippen molar-refractivity contribution >= 4 is 21.5 Å². The quantitative estimate of drug-likeness (QED) is 0.478. The Morgan fingerprint density at radius 2 is 1.64 bits per heavy atom. The third-order valence-electron chi connectivity index (χ3n) is 5.86. The monoisotopic (exact) mass is 358 g/mol. The molecule has 1 aromatic carbocycles. The Kier molecular flexibility index (Phi) is 3.53. The van der Waals surface area contributed by atoms with Crippen LogP contribution in [0.5, 0.6) is 0 Å². The van der Waals surface area contributed by atoms with Gasteiger partial charge in [-0.2, -0.15) is 0 Å². The first-order chi connectivity index (χ1) is 10.1. The van der Waals surface area contributed by atoms with Crippen LogP contribution in [0, 0.1) is 16.2 Å². The molecule has 0 heterocycles. The number of hydrogen-bond acceptors (Lipinski definition) is 0. The highest BCUT2D eigenvalue weighted by molar-refractivity contribution is 9.10. The van der Waals surface area contributed by atoms with E-state index in [4.69, 9.17) is 0 Å². The summed E-state index contributed by atoms with van der Waals surface area (Å²) in [7, 11) is 0.